The fourth-order valence-electron chi connectivity index (χ4n) is 1.74. The van der Waals surface area contributed by atoms with Crippen molar-refractivity contribution in [3.05, 3.63) is 40.9 Å². The molecule has 0 spiro atoms. The van der Waals surface area contributed by atoms with Crippen LogP contribution in [0.3, 0.4) is 0 Å². The summed E-state index contributed by atoms with van der Waals surface area (Å²) in [6.45, 7) is 3.69. The summed E-state index contributed by atoms with van der Waals surface area (Å²) >= 11 is 1.41. The Bertz CT molecular complexity index is 564. The van der Waals surface area contributed by atoms with Gasteiger partial charge < -0.3 is 5.32 Å². The third-order valence-electron chi connectivity index (χ3n) is 2.72. The van der Waals surface area contributed by atoms with Gasteiger partial charge in [0.15, 0.2) is 0 Å². The zero-order chi connectivity index (χ0) is 14.6. The van der Waals surface area contributed by atoms with E-state index in [4.69, 9.17) is 0 Å². The zero-order valence-electron chi connectivity index (χ0n) is 11.0. The molecular formula is C14H15F3N2S. The zero-order valence-corrected chi connectivity index (χ0v) is 11.8. The maximum atomic E-state index is 12.7. The summed E-state index contributed by atoms with van der Waals surface area (Å²) in [7, 11) is 0. The molecule has 1 aromatic carbocycles. The predicted octanol–water partition coefficient (Wildman–Crippen LogP) is 4.33. The lowest BCUT2D eigenvalue weighted by atomic mass is 10.1. The van der Waals surface area contributed by atoms with Gasteiger partial charge in [0.2, 0.25) is 0 Å². The van der Waals surface area contributed by atoms with Gasteiger partial charge in [-0.3, -0.25) is 0 Å². The van der Waals surface area contributed by atoms with Gasteiger partial charge in [-0.25, -0.2) is 4.98 Å². The molecule has 2 aromatic rings. The number of alkyl halides is 3. The van der Waals surface area contributed by atoms with Crippen LogP contribution in [0.1, 0.15) is 23.8 Å². The van der Waals surface area contributed by atoms with Crippen LogP contribution in [-0.2, 0) is 12.7 Å². The van der Waals surface area contributed by atoms with Crippen molar-refractivity contribution in [3.63, 3.8) is 0 Å². The van der Waals surface area contributed by atoms with Crippen LogP contribution in [0, 0.1) is 0 Å². The summed E-state index contributed by atoms with van der Waals surface area (Å²) in [5, 5.41) is 3.86. The van der Waals surface area contributed by atoms with Crippen LogP contribution >= 0.6 is 11.3 Å². The standard InChI is InChI=1S/C14H15F3N2S/c1-2-6-18-8-12-9-19-13(20-12)10-4-3-5-11(7-10)14(15,16)17/h3-5,7,9,18H,2,6,8H2,1H3. The van der Waals surface area contributed by atoms with Crippen LogP contribution in [0.15, 0.2) is 30.5 Å². The highest BCUT2D eigenvalue weighted by atomic mass is 32.1. The molecule has 108 valence electrons. The van der Waals surface area contributed by atoms with Crippen molar-refractivity contribution >= 4 is 11.3 Å². The third-order valence-corrected chi connectivity index (χ3v) is 3.76. The molecule has 6 heteroatoms. The predicted molar refractivity (Wildman–Crippen MR) is 74.5 cm³/mol. The van der Waals surface area contributed by atoms with Crippen LogP contribution in [-0.4, -0.2) is 11.5 Å². The van der Waals surface area contributed by atoms with E-state index in [0.29, 0.717) is 17.1 Å². The van der Waals surface area contributed by atoms with E-state index in [0.717, 1.165) is 30.0 Å². The first-order valence-electron chi connectivity index (χ1n) is 6.33. The summed E-state index contributed by atoms with van der Waals surface area (Å²) in [5.41, 5.74) is -0.137. The highest BCUT2D eigenvalue weighted by Gasteiger charge is 2.30. The van der Waals surface area contributed by atoms with E-state index in [-0.39, 0.29) is 0 Å². The lowest BCUT2D eigenvalue weighted by Crippen LogP contribution is -2.12. The molecule has 0 radical (unpaired) electrons. The fourth-order valence-corrected chi connectivity index (χ4v) is 2.62. The van der Waals surface area contributed by atoms with Gasteiger partial charge >= 0.3 is 6.18 Å². The molecule has 2 rings (SSSR count). The molecule has 0 bridgehead atoms. The molecule has 0 atom stereocenters. The summed E-state index contributed by atoms with van der Waals surface area (Å²) < 4.78 is 38.0. The third kappa shape index (κ3) is 3.80. The minimum atomic E-state index is -4.32. The molecule has 0 saturated heterocycles. The SMILES string of the molecule is CCCNCc1cnc(-c2cccc(C(F)(F)F)c2)s1. The minimum Gasteiger partial charge on any atom is -0.312 e. The molecule has 0 aliphatic heterocycles. The maximum Gasteiger partial charge on any atom is 0.416 e. The summed E-state index contributed by atoms with van der Waals surface area (Å²) in [4.78, 5) is 5.22. The molecule has 0 amide bonds. The van der Waals surface area contributed by atoms with Gasteiger partial charge in [0.1, 0.15) is 5.01 Å². The normalized spacial score (nSPS) is 11.8. The van der Waals surface area contributed by atoms with Crippen molar-refractivity contribution < 1.29 is 13.2 Å². The second-order valence-corrected chi connectivity index (χ2v) is 5.50. The first kappa shape index (κ1) is 15.0. The number of hydrogen-bond donors (Lipinski definition) is 1. The first-order valence-corrected chi connectivity index (χ1v) is 7.15. The van der Waals surface area contributed by atoms with Crippen molar-refractivity contribution in [2.75, 3.05) is 6.54 Å². The summed E-state index contributed by atoms with van der Waals surface area (Å²) in [6, 6.07) is 5.27. The van der Waals surface area contributed by atoms with Gasteiger partial charge in [-0.05, 0) is 25.1 Å². The van der Waals surface area contributed by atoms with Crippen molar-refractivity contribution in [2.45, 2.75) is 26.1 Å². The Morgan fingerprint density at radius 3 is 2.80 bits per heavy atom. The monoisotopic (exact) mass is 300 g/mol. The van der Waals surface area contributed by atoms with Crippen molar-refractivity contribution in [1.29, 1.82) is 0 Å². The largest absolute Gasteiger partial charge is 0.416 e. The molecule has 1 aromatic heterocycles. The van der Waals surface area contributed by atoms with Crippen LogP contribution in [0.2, 0.25) is 0 Å². The second kappa shape index (κ2) is 6.37. The maximum absolute atomic E-state index is 12.7. The van der Waals surface area contributed by atoms with E-state index in [1.54, 1.807) is 12.3 Å². The molecule has 0 aliphatic carbocycles. The number of hydrogen-bond acceptors (Lipinski definition) is 3. The molecule has 0 fully saturated rings. The molecule has 1 heterocycles. The van der Waals surface area contributed by atoms with Crippen LogP contribution in [0.25, 0.3) is 10.6 Å². The first-order chi connectivity index (χ1) is 9.50. The highest BCUT2D eigenvalue weighted by molar-refractivity contribution is 7.15. The number of benzene rings is 1. The lowest BCUT2D eigenvalue weighted by molar-refractivity contribution is -0.137. The smallest absolute Gasteiger partial charge is 0.312 e. The van der Waals surface area contributed by atoms with Gasteiger partial charge in [0.05, 0.1) is 5.56 Å². The van der Waals surface area contributed by atoms with E-state index < -0.39 is 11.7 Å². The van der Waals surface area contributed by atoms with E-state index >= 15 is 0 Å². The van der Waals surface area contributed by atoms with Crippen molar-refractivity contribution in [3.8, 4) is 10.6 Å². The van der Waals surface area contributed by atoms with Crippen LogP contribution in [0.5, 0.6) is 0 Å². The number of rotatable bonds is 5. The number of nitrogens with one attached hydrogen (secondary N) is 1. The Hall–Kier alpha value is -1.40. The Balaban J connectivity index is 2.16. The van der Waals surface area contributed by atoms with Gasteiger partial charge in [-0.1, -0.05) is 19.1 Å². The molecule has 1 N–H and O–H groups in total. The summed E-state index contributed by atoms with van der Waals surface area (Å²) in [6.07, 6.45) is -1.57. The molecule has 0 saturated carbocycles. The number of thiazole rings is 1. The van der Waals surface area contributed by atoms with Crippen molar-refractivity contribution in [1.82, 2.24) is 10.3 Å². The quantitative estimate of drug-likeness (QED) is 0.831. The highest BCUT2D eigenvalue weighted by Crippen LogP contribution is 2.33. The average molecular weight is 300 g/mol. The van der Waals surface area contributed by atoms with E-state index in [1.165, 1.54) is 17.4 Å². The molecule has 0 aliphatic rings. The van der Waals surface area contributed by atoms with Gasteiger partial charge in [-0.15, -0.1) is 11.3 Å². The minimum absolute atomic E-state index is 0.506. The van der Waals surface area contributed by atoms with E-state index in [1.807, 2.05) is 0 Å². The Kier molecular flexibility index (Phi) is 4.77. The average Bonchev–Trinajstić information content (AvgIpc) is 2.87. The van der Waals surface area contributed by atoms with Crippen molar-refractivity contribution in [2.24, 2.45) is 0 Å². The molecule has 20 heavy (non-hydrogen) atoms. The van der Waals surface area contributed by atoms with Gasteiger partial charge in [0, 0.05) is 23.2 Å². The van der Waals surface area contributed by atoms with Crippen LogP contribution in [0.4, 0.5) is 13.2 Å². The van der Waals surface area contributed by atoms with E-state index in [9.17, 15) is 13.2 Å². The fraction of sp³-hybridized carbons (Fsp3) is 0.357. The molecular weight excluding hydrogens is 285 g/mol. The number of aromatic nitrogens is 1. The van der Waals surface area contributed by atoms with E-state index in [2.05, 4.69) is 17.2 Å². The topological polar surface area (TPSA) is 24.9 Å². The van der Waals surface area contributed by atoms with Gasteiger partial charge in [0.25, 0.3) is 0 Å². The van der Waals surface area contributed by atoms with Gasteiger partial charge in [-0.2, -0.15) is 13.2 Å². The Morgan fingerprint density at radius 2 is 2.10 bits per heavy atom. The lowest BCUT2D eigenvalue weighted by Gasteiger charge is -2.07. The molecule has 2 nitrogen and oxygen atoms in total. The number of nitrogens with zero attached hydrogens (tertiary/aromatic N) is 1. The summed E-state index contributed by atoms with van der Waals surface area (Å²) in [5.74, 6) is 0. The Labute approximate surface area is 119 Å². The number of halogens is 3. The Morgan fingerprint density at radius 1 is 1.30 bits per heavy atom. The van der Waals surface area contributed by atoms with Crippen LogP contribution < -0.4 is 5.32 Å². The second-order valence-electron chi connectivity index (χ2n) is 4.39. The molecule has 0 unspecified atom stereocenters.